The van der Waals surface area contributed by atoms with Gasteiger partial charge in [-0.1, -0.05) is 23.2 Å². The van der Waals surface area contributed by atoms with Crippen LogP contribution in [0.3, 0.4) is 0 Å². The molecule has 0 saturated heterocycles. The highest BCUT2D eigenvalue weighted by molar-refractivity contribution is 6.35. The van der Waals surface area contributed by atoms with E-state index in [9.17, 15) is 4.79 Å². The Labute approximate surface area is 138 Å². The number of anilines is 1. The van der Waals surface area contributed by atoms with Gasteiger partial charge in [-0.3, -0.25) is 4.79 Å². The van der Waals surface area contributed by atoms with Crippen LogP contribution in [-0.2, 0) is 4.79 Å². The van der Waals surface area contributed by atoms with Crippen LogP contribution in [0, 0.1) is 11.3 Å². The number of ether oxygens (including phenoxy) is 1. The molecule has 2 rings (SSSR count). The lowest BCUT2D eigenvalue weighted by Gasteiger charge is -2.15. The minimum Gasteiger partial charge on any atom is -0.479 e. The maximum absolute atomic E-state index is 12.1. The third-order valence-corrected chi connectivity index (χ3v) is 3.38. The lowest BCUT2D eigenvalue weighted by molar-refractivity contribution is -0.122. The Bertz CT molecular complexity index is 724. The van der Waals surface area contributed by atoms with E-state index in [1.54, 1.807) is 49.4 Å². The Morgan fingerprint density at radius 1 is 1.23 bits per heavy atom. The third-order valence-electron chi connectivity index (χ3n) is 2.85. The number of nitrogens with zero attached hydrogens (tertiary/aromatic N) is 1. The van der Waals surface area contributed by atoms with Gasteiger partial charge in [-0.2, -0.15) is 5.26 Å². The first-order valence-electron chi connectivity index (χ1n) is 6.42. The molecule has 0 radical (unpaired) electrons. The molecule has 0 saturated carbocycles. The van der Waals surface area contributed by atoms with Crippen LogP contribution in [0.25, 0.3) is 0 Å². The van der Waals surface area contributed by atoms with Crippen molar-refractivity contribution in [3.05, 3.63) is 58.1 Å². The highest BCUT2D eigenvalue weighted by Crippen LogP contribution is 2.28. The SMILES string of the molecule is C[C@@H](Oc1ccc(Cl)cc1Cl)C(=O)Nc1ccc(C#N)cc1. The molecule has 0 bridgehead atoms. The lowest BCUT2D eigenvalue weighted by atomic mass is 10.2. The predicted octanol–water partition coefficient (Wildman–Crippen LogP) is 4.27. The number of halogens is 2. The second-order valence-corrected chi connectivity index (χ2v) is 5.36. The van der Waals surface area contributed by atoms with Crippen LogP contribution < -0.4 is 10.1 Å². The summed E-state index contributed by atoms with van der Waals surface area (Å²) in [6.07, 6.45) is -0.741. The molecule has 0 aromatic heterocycles. The van der Waals surface area contributed by atoms with Gasteiger partial charge < -0.3 is 10.1 Å². The molecule has 0 heterocycles. The normalized spacial score (nSPS) is 11.4. The van der Waals surface area contributed by atoms with Crippen molar-refractivity contribution in [3.8, 4) is 11.8 Å². The van der Waals surface area contributed by atoms with Gasteiger partial charge in [0.15, 0.2) is 6.10 Å². The van der Waals surface area contributed by atoms with Crippen LogP contribution >= 0.6 is 23.2 Å². The fourth-order valence-corrected chi connectivity index (χ4v) is 2.14. The van der Waals surface area contributed by atoms with E-state index >= 15 is 0 Å². The molecule has 112 valence electrons. The summed E-state index contributed by atoms with van der Waals surface area (Å²) in [5, 5.41) is 12.3. The zero-order valence-electron chi connectivity index (χ0n) is 11.6. The number of amides is 1. The Balaban J connectivity index is 2.01. The third kappa shape index (κ3) is 4.14. The number of hydrogen-bond donors (Lipinski definition) is 1. The van der Waals surface area contributed by atoms with Crippen molar-refractivity contribution in [2.24, 2.45) is 0 Å². The van der Waals surface area contributed by atoms with Crippen molar-refractivity contribution in [2.45, 2.75) is 13.0 Å². The van der Waals surface area contributed by atoms with Gasteiger partial charge in [0.05, 0.1) is 16.7 Å². The summed E-state index contributed by atoms with van der Waals surface area (Å²) in [5.41, 5.74) is 1.11. The van der Waals surface area contributed by atoms with Crippen LogP contribution in [0.5, 0.6) is 5.75 Å². The largest absolute Gasteiger partial charge is 0.479 e. The Morgan fingerprint density at radius 3 is 2.50 bits per heavy atom. The maximum Gasteiger partial charge on any atom is 0.265 e. The molecular weight excluding hydrogens is 323 g/mol. The van der Waals surface area contributed by atoms with Gasteiger partial charge >= 0.3 is 0 Å². The molecule has 2 aromatic rings. The molecule has 22 heavy (non-hydrogen) atoms. The fourth-order valence-electron chi connectivity index (χ4n) is 1.69. The van der Waals surface area contributed by atoms with Gasteiger partial charge in [0.2, 0.25) is 0 Å². The van der Waals surface area contributed by atoms with Crippen molar-refractivity contribution < 1.29 is 9.53 Å². The number of nitriles is 1. The quantitative estimate of drug-likeness (QED) is 0.907. The van der Waals surface area contributed by atoms with E-state index in [0.29, 0.717) is 27.0 Å². The summed E-state index contributed by atoms with van der Waals surface area (Å²) in [7, 11) is 0. The minimum atomic E-state index is -0.741. The lowest BCUT2D eigenvalue weighted by Crippen LogP contribution is -2.30. The summed E-state index contributed by atoms with van der Waals surface area (Å²) in [5.74, 6) is 0.0595. The van der Waals surface area contributed by atoms with E-state index in [4.69, 9.17) is 33.2 Å². The number of nitrogens with one attached hydrogen (secondary N) is 1. The molecule has 1 amide bonds. The molecule has 6 heteroatoms. The van der Waals surface area contributed by atoms with Crippen molar-refractivity contribution in [2.75, 3.05) is 5.32 Å². The number of carbonyl (C=O) groups is 1. The summed E-state index contributed by atoms with van der Waals surface area (Å²) in [4.78, 5) is 12.1. The molecule has 0 spiro atoms. The van der Waals surface area contributed by atoms with E-state index in [-0.39, 0.29) is 5.91 Å². The molecule has 1 N–H and O–H groups in total. The average Bonchev–Trinajstić information content (AvgIpc) is 2.50. The van der Waals surface area contributed by atoms with E-state index in [2.05, 4.69) is 5.32 Å². The molecule has 4 nitrogen and oxygen atoms in total. The van der Waals surface area contributed by atoms with Gasteiger partial charge in [0.25, 0.3) is 5.91 Å². The van der Waals surface area contributed by atoms with Gasteiger partial charge in [-0.25, -0.2) is 0 Å². The van der Waals surface area contributed by atoms with Gasteiger partial charge in [0, 0.05) is 10.7 Å². The van der Waals surface area contributed by atoms with Crippen LogP contribution in [0.15, 0.2) is 42.5 Å². The first-order valence-corrected chi connectivity index (χ1v) is 7.18. The van der Waals surface area contributed by atoms with Gasteiger partial charge in [0.1, 0.15) is 5.75 Å². The second kappa shape index (κ2) is 7.17. The van der Waals surface area contributed by atoms with Crippen molar-refractivity contribution in [1.82, 2.24) is 0 Å². The number of benzene rings is 2. The summed E-state index contributed by atoms with van der Waals surface area (Å²) in [6, 6.07) is 13.3. The Kier molecular flexibility index (Phi) is 5.26. The van der Waals surface area contributed by atoms with Gasteiger partial charge in [-0.05, 0) is 49.4 Å². The fraction of sp³-hybridized carbons (Fsp3) is 0.125. The average molecular weight is 335 g/mol. The molecule has 2 aromatic carbocycles. The van der Waals surface area contributed by atoms with Crippen LogP contribution in [0.1, 0.15) is 12.5 Å². The summed E-state index contributed by atoms with van der Waals surface area (Å²) < 4.78 is 5.52. The molecule has 0 aliphatic rings. The van der Waals surface area contributed by atoms with Crippen LogP contribution in [0.2, 0.25) is 10.0 Å². The molecule has 0 unspecified atom stereocenters. The monoisotopic (exact) mass is 334 g/mol. The molecular formula is C16H12Cl2N2O2. The molecule has 0 aliphatic carbocycles. The second-order valence-electron chi connectivity index (χ2n) is 4.51. The summed E-state index contributed by atoms with van der Waals surface area (Å²) >= 11 is 11.8. The number of rotatable bonds is 4. The van der Waals surface area contributed by atoms with E-state index < -0.39 is 6.10 Å². The van der Waals surface area contributed by atoms with Crippen molar-refractivity contribution in [3.63, 3.8) is 0 Å². The highest BCUT2D eigenvalue weighted by Gasteiger charge is 2.16. The zero-order valence-corrected chi connectivity index (χ0v) is 13.2. The molecule has 0 aliphatic heterocycles. The van der Waals surface area contributed by atoms with Crippen LogP contribution in [-0.4, -0.2) is 12.0 Å². The van der Waals surface area contributed by atoms with E-state index in [0.717, 1.165) is 0 Å². The first-order chi connectivity index (χ1) is 10.5. The number of hydrogen-bond acceptors (Lipinski definition) is 3. The standard InChI is InChI=1S/C16H12Cl2N2O2/c1-10(22-15-7-4-12(17)8-14(15)18)16(21)20-13-5-2-11(9-19)3-6-13/h2-8,10H,1H3,(H,20,21)/t10-/m1/s1. The predicted molar refractivity (Wildman–Crippen MR) is 86.3 cm³/mol. The van der Waals surface area contributed by atoms with E-state index in [1.807, 2.05) is 6.07 Å². The Hall–Kier alpha value is -2.22. The van der Waals surface area contributed by atoms with Crippen LogP contribution in [0.4, 0.5) is 5.69 Å². The molecule has 1 atom stereocenters. The Morgan fingerprint density at radius 2 is 1.91 bits per heavy atom. The summed E-state index contributed by atoms with van der Waals surface area (Å²) in [6.45, 7) is 1.61. The minimum absolute atomic E-state index is 0.323. The van der Waals surface area contributed by atoms with E-state index in [1.165, 1.54) is 0 Å². The maximum atomic E-state index is 12.1. The topological polar surface area (TPSA) is 62.1 Å². The zero-order chi connectivity index (χ0) is 16.1. The van der Waals surface area contributed by atoms with Crippen molar-refractivity contribution >= 4 is 34.8 Å². The smallest absolute Gasteiger partial charge is 0.265 e. The number of carbonyl (C=O) groups excluding carboxylic acids is 1. The van der Waals surface area contributed by atoms with Crippen molar-refractivity contribution in [1.29, 1.82) is 5.26 Å². The molecule has 0 fully saturated rings. The first kappa shape index (κ1) is 16.2. The highest BCUT2D eigenvalue weighted by atomic mass is 35.5. The van der Waals surface area contributed by atoms with Gasteiger partial charge in [-0.15, -0.1) is 0 Å².